The van der Waals surface area contributed by atoms with Gasteiger partial charge in [0.05, 0.1) is 18.2 Å². The first-order valence-corrected chi connectivity index (χ1v) is 10.4. The molecule has 0 N–H and O–H groups in total. The molecule has 1 aliphatic rings. The van der Waals surface area contributed by atoms with E-state index in [1.807, 2.05) is 4.90 Å². The third-order valence-corrected chi connectivity index (χ3v) is 5.85. The van der Waals surface area contributed by atoms with Crippen LogP contribution in [0.5, 0.6) is 0 Å². The van der Waals surface area contributed by atoms with Crippen LogP contribution in [0.4, 0.5) is 5.82 Å². The van der Waals surface area contributed by atoms with E-state index in [4.69, 9.17) is 4.42 Å². The maximum atomic E-state index is 13.0. The smallest absolute Gasteiger partial charge is 0.227 e. The fourth-order valence-corrected chi connectivity index (χ4v) is 4.18. The first kappa shape index (κ1) is 20.0. The molecule has 1 saturated heterocycles. The fraction of sp³-hybridized carbons (Fsp3) is 0.375. The van der Waals surface area contributed by atoms with Crippen LogP contribution >= 0.6 is 0 Å². The van der Waals surface area contributed by atoms with Crippen LogP contribution in [-0.2, 0) is 11.2 Å². The monoisotopic (exact) mass is 402 g/mol. The molecule has 4 rings (SSSR count). The number of benzene rings is 1. The van der Waals surface area contributed by atoms with Gasteiger partial charge in [-0.3, -0.25) is 4.79 Å². The minimum absolute atomic E-state index is 0.102. The van der Waals surface area contributed by atoms with E-state index in [1.54, 1.807) is 24.6 Å². The first-order chi connectivity index (χ1) is 14.5. The second-order valence-corrected chi connectivity index (χ2v) is 8.15. The maximum Gasteiger partial charge on any atom is 0.227 e. The van der Waals surface area contributed by atoms with Crippen molar-refractivity contribution in [2.75, 3.05) is 31.1 Å². The van der Waals surface area contributed by atoms with Gasteiger partial charge in [-0.05, 0) is 48.2 Å². The fourth-order valence-electron chi connectivity index (χ4n) is 4.18. The number of nitrogens with zero attached hydrogens (tertiary/aromatic N) is 4. The first-order valence-electron chi connectivity index (χ1n) is 10.4. The Balaban J connectivity index is 1.46. The van der Waals surface area contributed by atoms with Gasteiger partial charge in [-0.1, -0.05) is 13.8 Å². The summed E-state index contributed by atoms with van der Waals surface area (Å²) in [6, 6.07) is 9.97. The second-order valence-electron chi connectivity index (χ2n) is 8.15. The van der Waals surface area contributed by atoms with Crippen molar-refractivity contribution in [2.45, 2.75) is 33.1 Å². The summed E-state index contributed by atoms with van der Waals surface area (Å²) in [6.45, 7) is 9.02. The molecule has 1 aromatic carbocycles. The SMILES string of the molecule is Cc1cc2occ(CC(=O)N3CCN(c4ncccc4C#N)CC3)c2cc1C(C)C. The molecule has 6 nitrogen and oxygen atoms in total. The number of aromatic nitrogens is 1. The van der Waals surface area contributed by atoms with Crippen molar-refractivity contribution in [1.29, 1.82) is 5.26 Å². The third kappa shape index (κ3) is 3.76. The Morgan fingerprint density at radius 2 is 2.03 bits per heavy atom. The Labute approximate surface area is 176 Å². The van der Waals surface area contributed by atoms with Crippen LogP contribution in [0.1, 0.15) is 42.0 Å². The van der Waals surface area contributed by atoms with Gasteiger partial charge in [0.25, 0.3) is 0 Å². The van der Waals surface area contributed by atoms with E-state index in [2.05, 4.69) is 48.9 Å². The van der Waals surface area contributed by atoms with Crippen LogP contribution in [0.15, 0.2) is 41.1 Å². The molecular weight excluding hydrogens is 376 g/mol. The number of furan rings is 1. The Morgan fingerprint density at radius 1 is 1.27 bits per heavy atom. The highest BCUT2D eigenvalue weighted by molar-refractivity contribution is 5.88. The third-order valence-electron chi connectivity index (χ3n) is 5.85. The zero-order chi connectivity index (χ0) is 21.3. The number of pyridine rings is 1. The van der Waals surface area contributed by atoms with E-state index < -0.39 is 0 Å². The molecule has 30 heavy (non-hydrogen) atoms. The number of piperazine rings is 1. The van der Waals surface area contributed by atoms with Crippen molar-refractivity contribution in [3.8, 4) is 6.07 Å². The Kier molecular flexibility index (Phi) is 5.45. The van der Waals surface area contributed by atoms with Crippen molar-refractivity contribution in [3.63, 3.8) is 0 Å². The number of amides is 1. The summed E-state index contributed by atoms with van der Waals surface area (Å²) in [5.41, 5.74) is 4.85. The number of hydrogen-bond acceptors (Lipinski definition) is 5. The Morgan fingerprint density at radius 3 is 2.73 bits per heavy atom. The molecule has 154 valence electrons. The zero-order valence-corrected chi connectivity index (χ0v) is 17.7. The topological polar surface area (TPSA) is 73.4 Å². The van der Waals surface area contributed by atoms with Gasteiger partial charge >= 0.3 is 0 Å². The predicted molar refractivity (Wildman–Crippen MR) is 116 cm³/mol. The molecule has 3 aromatic rings. The van der Waals surface area contributed by atoms with Gasteiger partial charge in [0.2, 0.25) is 5.91 Å². The molecule has 1 fully saturated rings. The summed E-state index contributed by atoms with van der Waals surface area (Å²) >= 11 is 0. The van der Waals surface area contributed by atoms with E-state index >= 15 is 0 Å². The quantitative estimate of drug-likeness (QED) is 0.659. The number of rotatable bonds is 4. The van der Waals surface area contributed by atoms with Crippen LogP contribution in [0.2, 0.25) is 0 Å². The molecule has 0 unspecified atom stereocenters. The maximum absolute atomic E-state index is 13.0. The summed E-state index contributed by atoms with van der Waals surface area (Å²) in [6.07, 6.45) is 3.75. The molecule has 2 aromatic heterocycles. The second kappa shape index (κ2) is 8.19. The van der Waals surface area contributed by atoms with Gasteiger partial charge in [-0.2, -0.15) is 5.26 Å². The van der Waals surface area contributed by atoms with Gasteiger partial charge in [-0.25, -0.2) is 4.98 Å². The molecule has 0 saturated carbocycles. The number of carbonyl (C=O) groups excluding carboxylic acids is 1. The summed E-state index contributed by atoms with van der Waals surface area (Å²) in [5, 5.41) is 10.3. The molecule has 0 spiro atoms. The molecule has 0 radical (unpaired) electrons. The van der Waals surface area contributed by atoms with Gasteiger partial charge < -0.3 is 14.2 Å². The normalized spacial score (nSPS) is 14.4. The Hall–Kier alpha value is -3.33. The van der Waals surface area contributed by atoms with Gasteiger partial charge in [0.1, 0.15) is 17.5 Å². The van der Waals surface area contributed by atoms with Crippen molar-refractivity contribution in [1.82, 2.24) is 9.88 Å². The molecule has 0 aliphatic carbocycles. The molecular formula is C24H26N4O2. The van der Waals surface area contributed by atoms with Crippen LogP contribution < -0.4 is 4.90 Å². The lowest BCUT2D eigenvalue weighted by atomic mass is 9.95. The van der Waals surface area contributed by atoms with Crippen LogP contribution in [-0.4, -0.2) is 42.0 Å². The molecule has 6 heteroatoms. The van der Waals surface area contributed by atoms with Crippen molar-refractivity contribution in [3.05, 3.63) is 59.0 Å². The van der Waals surface area contributed by atoms with Gasteiger partial charge in [0.15, 0.2) is 0 Å². The average molecular weight is 402 g/mol. The number of aryl methyl sites for hydroxylation is 1. The van der Waals surface area contributed by atoms with Gasteiger partial charge in [0, 0.05) is 43.3 Å². The lowest BCUT2D eigenvalue weighted by Gasteiger charge is -2.35. The van der Waals surface area contributed by atoms with Crippen LogP contribution in [0.25, 0.3) is 11.0 Å². The van der Waals surface area contributed by atoms with Crippen molar-refractivity contribution < 1.29 is 9.21 Å². The lowest BCUT2D eigenvalue weighted by Crippen LogP contribution is -2.49. The zero-order valence-electron chi connectivity index (χ0n) is 17.7. The standard InChI is InChI=1S/C24H26N4O2/c1-16(2)20-13-21-19(15-30-22(21)11-17(20)3)12-23(29)27-7-9-28(10-8-27)24-18(14-25)5-4-6-26-24/h4-6,11,13,15-16H,7-10,12H2,1-3H3. The average Bonchev–Trinajstić information content (AvgIpc) is 3.14. The van der Waals surface area contributed by atoms with Crippen molar-refractivity contribution in [2.24, 2.45) is 0 Å². The molecule has 3 heterocycles. The van der Waals surface area contributed by atoms with E-state index in [0.29, 0.717) is 49.9 Å². The number of nitriles is 1. The van der Waals surface area contributed by atoms with E-state index in [9.17, 15) is 10.1 Å². The molecule has 1 aliphatic heterocycles. The predicted octanol–water partition coefficient (Wildman–Crippen LogP) is 4.02. The number of anilines is 1. The highest BCUT2D eigenvalue weighted by Gasteiger charge is 2.24. The highest BCUT2D eigenvalue weighted by atomic mass is 16.3. The molecule has 0 bridgehead atoms. The summed E-state index contributed by atoms with van der Waals surface area (Å²) in [5.74, 6) is 1.22. The lowest BCUT2D eigenvalue weighted by molar-refractivity contribution is -0.130. The highest BCUT2D eigenvalue weighted by Crippen LogP contribution is 2.29. The number of carbonyl (C=O) groups is 1. The van der Waals surface area contributed by atoms with E-state index in [0.717, 1.165) is 16.5 Å². The van der Waals surface area contributed by atoms with Crippen LogP contribution in [0, 0.1) is 18.3 Å². The summed E-state index contributed by atoms with van der Waals surface area (Å²) in [4.78, 5) is 21.3. The molecule has 1 amide bonds. The minimum atomic E-state index is 0.102. The van der Waals surface area contributed by atoms with E-state index in [-0.39, 0.29) is 5.91 Å². The number of hydrogen-bond donors (Lipinski definition) is 0. The largest absolute Gasteiger partial charge is 0.464 e. The van der Waals surface area contributed by atoms with Crippen LogP contribution in [0.3, 0.4) is 0 Å². The Bertz CT molecular complexity index is 1120. The van der Waals surface area contributed by atoms with Crippen molar-refractivity contribution >= 4 is 22.7 Å². The number of fused-ring (bicyclic) bond motifs is 1. The minimum Gasteiger partial charge on any atom is -0.464 e. The molecule has 0 atom stereocenters. The summed E-state index contributed by atoms with van der Waals surface area (Å²) < 4.78 is 5.74. The van der Waals surface area contributed by atoms with E-state index in [1.165, 1.54) is 11.1 Å². The van der Waals surface area contributed by atoms with Gasteiger partial charge in [-0.15, -0.1) is 0 Å². The summed E-state index contributed by atoms with van der Waals surface area (Å²) in [7, 11) is 0.